The summed E-state index contributed by atoms with van der Waals surface area (Å²) in [6, 6.07) is 4.12. The number of hydrogen-bond donors (Lipinski definition) is 0. The first-order valence-corrected chi connectivity index (χ1v) is 5.49. The molecule has 17 heavy (non-hydrogen) atoms. The van der Waals surface area contributed by atoms with E-state index in [-0.39, 0.29) is 17.7 Å². The second-order valence-electron chi connectivity index (χ2n) is 3.05. The van der Waals surface area contributed by atoms with Crippen molar-refractivity contribution in [2.45, 2.75) is 13.3 Å². The predicted octanol–water partition coefficient (Wildman–Crippen LogP) is 3.44. The van der Waals surface area contributed by atoms with E-state index in [1.54, 1.807) is 13.0 Å². The second kappa shape index (κ2) is 5.73. The summed E-state index contributed by atoms with van der Waals surface area (Å²) in [7, 11) is 0. The zero-order valence-electron chi connectivity index (χ0n) is 8.84. The highest BCUT2D eigenvalue weighted by Crippen LogP contribution is 2.29. The van der Waals surface area contributed by atoms with E-state index in [1.807, 2.05) is 0 Å². The van der Waals surface area contributed by atoms with Gasteiger partial charge in [0.05, 0.1) is 17.7 Å². The maximum absolute atomic E-state index is 12.8. The quantitative estimate of drug-likeness (QED) is 0.804. The first-order chi connectivity index (χ1) is 8.01. The number of hydrogen-bond acceptors (Lipinski definition) is 3. The molecule has 0 saturated carbocycles. The lowest BCUT2D eigenvalue weighted by atomic mass is 10.0. The minimum atomic E-state index is -2.85. The van der Waals surface area contributed by atoms with Gasteiger partial charge in [0.2, 0.25) is 0 Å². The van der Waals surface area contributed by atoms with Crippen molar-refractivity contribution in [3.8, 4) is 6.07 Å². The van der Waals surface area contributed by atoms with Gasteiger partial charge in [0.1, 0.15) is 6.07 Å². The van der Waals surface area contributed by atoms with Crippen LogP contribution in [0.15, 0.2) is 16.6 Å². The molecule has 0 saturated heterocycles. The van der Waals surface area contributed by atoms with Crippen LogP contribution < -0.4 is 0 Å². The molecule has 0 spiro atoms. The van der Waals surface area contributed by atoms with Gasteiger partial charge in [0.15, 0.2) is 0 Å². The number of carbonyl (C=O) groups is 1. The number of carbonyl (C=O) groups excluding carboxylic acids is 1. The van der Waals surface area contributed by atoms with Crippen LogP contribution in [0.1, 0.15) is 34.8 Å². The number of benzene rings is 1. The number of esters is 1. The highest BCUT2D eigenvalue weighted by molar-refractivity contribution is 9.10. The smallest absolute Gasteiger partial charge is 0.339 e. The maximum Gasteiger partial charge on any atom is 0.339 e. The van der Waals surface area contributed by atoms with Gasteiger partial charge in [-0.1, -0.05) is 15.9 Å². The molecule has 1 rings (SSSR count). The molecule has 0 aromatic heterocycles. The molecule has 0 radical (unpaired) electrons. The number of alkyl halides is 2. The van der Waals surface area contributed by atoms with Gasteiger partial charge in [-0.25, -0.2) is 13.6 Å². The number of nitriles is 1. The van der Waals surface area contributed by atoms with Crippen molar-refractivity contribution in [1.29, 1.82) is 5.26 Å². The third-order valence-corrected chi connectivity index (χ3v) is 2.43. The molecule has 0 aliphatic carbocycles. The van der Waals surface area contributed by atoms with E-state index in [9.17, 15) is 13.6 Å². The molecule has 0 aliphatic heterocycles. The Morgan fingerprint density at radius 1 is 1.59 bits per heavy atom. The minimum Gasteiger partial charge on any atom is -0.462 e. The molecule has 0 N–H and O–H groups in total. The van der Waals surface area contributed by atoms with Gasteiger partial charge in [-0.2, -0.15) is 5.26 Å². The van der Waals surface area contributed by atoms with Crippen LogP contribution in [0.3, 0.4) is 0 Å². The average Bonchev–Trinajstić information content (AvgIpc) is 2.27. The summed E-state index contributed by atoms with van der Waals surface area (Å²) in [5.74, 6) is -0.910. The van der Waals surface area contributed by atoms with Crippen molar-refractivity contribution in [3.05, 3.63) is 33.3 Å². The van der Waals surface area contributed by atoms with Crippen molar-refractivity contribution in [2.75, 3.05) is 6.61 Å². The van der Waals surface area contributed by atoms with Crippen LogP contribution in [-0.2, 0) is 4.74 Å². The standard InChI is InChI=1S/C11H8BrF2NO2/c1-2-17-11(16)9-6(5-15)3-7(12)4-8(9)10(13)14/h3-4,10H,2H2,1H3. The van der Waals surface area contributed by atoms with E-state index in [0.717, 1.165) is 6.07 Å². The zero-order chi connectivity index (χ0) is 13.0. The van der Waals surface area contributed by atoms with Crippen molar-refractivity contribution in [3.63, 3.8) is 0 Å². The molecule has 6 heteroatoms. The van der Waals surface area contributed by atoms with Crippen molar-refractivity contribution in [1.82, 2.24) is 0 Å². The van der Waals surface area contributed by atoms with E-state index >= 15 is 0 Å². The van der Waals surface area contributed by atoms with Gasteiger partial charge >= 0.3 is 5.97 Å². The van der Waals surface area contributed by atoms with Gasteiger partial charge in [-0.15, -0.1) is 0 Å². The third kappa shape index (κ3) is 3.01. The van der Waals surface area contributed by atoms with Crippen LogP contribution in [0, 0.1) is 11.3 Å². The summed E-state index contributed by atoms with van der Waals surface area (Å²) >= 11 is 3.01. The lowest BCUT2D eigenvalue weighted by molar-refractivity contribution is 0.0515. The Morgan fingerprint density at radius 2 is 2.24 bits per heavy atom. The summed E-state index contributed by atoms with van der Waals surface area (Å²) in [6.45, 7) is 1.62. The molecular weight excluding hydrogens is 296 g/mol. The Balaban J connectivity index is 3.43. The monoisotopic (exact) mass is 303 g/mol. The first kappa shape index (κ1) is 13.6. The third-order valence-electron chi connectivity index (χ3n) is 1.97. The molecule has 90 valence electrons. The lowest BCUT2D eigenvalue weighted by Gasteiger charge is -2.10. The normalized spacial score (nSPS) is 10.1. The predicted molar refractivity (Wildman–Crippen MR) is 59.8 cm³/mol. The van der Waals surface area contributed by atoms with E-state index in [0.29, 0.717) is 4.47 Å². The summed E-state index contributed by atoms with van der Waals surface area (Å²) in [4.78, 5) is 11.5. The Morgan fingerprint density at radius 3 is 2.71 bits per heavy atom. The largest absolute Gasteiger partial charge is 0.462 e. The van der Waals surface area contributed by atoms with Gasteiger partial charge in [-0.3, -0.25) is 0 Å². The molecule has 0 atom stereocenters. The molecule has 0 fully saturated rings. The van der Waals surface area contributed by atoms with E-state index < -0.39 is 18.0 Å². The molecule has 0 aliphatic rings. The highest BCUT2D eigenvalue weighted by atomic mass is 79.9. The van der Waals surface area contributed by atoms with E-state index in [2.05, 4.69) is 20.7 Å². The van der Waals surface area contributed by atoms with Crippen LogP contribution in [0.5, 0.6) is 0 Å². The number of nitrogens with zero attached hydrogens (tertiary/aromatic N) is 1. The molecule has 3 nitrogen and oxygen atoms in total. The minimum absolute atomic E-state index is 0.0580. The summed E-state index contributed by atoms with van der Waals surface area (Å²) < 4.78 is 30.6. The molecule has 1 aromatic rings. The zero-order valence-corrected chi connectivity index (χ0v) is 10.4. The van der Waals surface area contributed by atoms with Crippen molar-refractivity contribution >= 4 is 21.9 Å². The number of ether oxygens (including phenoxy) is 1. The topological polar surface area (TPSA) is 50.1 Å². The molecule has 0 bridgehead atoms. The highest BCUT2D eigenvalue weighted by Gasteiger charge is 2.23. The van der Waals surface area contributed by atoms with Crippen LogP contribution in [0.25, 0.3) is 0 Å². The van der Waals surface area contributed by atoms with Crippen molar-refractivity contribution in [2.24, 2.45) is 0 Å². The average molecular weight is 304 g/mol. The maximum atomic E-state index is 12.8. The second-order valence-corrected chi connectivity index (χ2v) is 3.97. The first-order valence-electron chi connectivity index (χ1n) is 4.70. The Labute approximate surface area is 105 Å². The van der Waals surface area contributed by atoms with Gasteiger partial charge in [-0.05, 0) is 19.1 Å². The van der Waals surface area contributed by atoms with Crippen molar-refractivity contribution < 1.29 is 18.3 Å². The fraction of sp³-hybridized carbons (Fsp3) is 0.273. The molecule has 0 amide bonds. The molecule has 1 aromatic carbocycles. The number of rotatable bonds is 3. The van der Waals surface area contributed by atoms with Gasteiger partial charge < -0.3 is 4.74 Å². The van der Waals surface area contributed by atoms with Crippen LogP contribution >= 0.6 is 15.9 Å². The van der Waals surface area contributed by atoms with Crippen LogP contribution in [0.2, 0.25) is 0 Å². The van der Waals surface area contributed by atoms with Crippen LogP contribution in [0.4, 0.5) is 8.78 Å². The Kier molecular flexibility index (Phi) is 4.58. The van der Waals surface area contributed by atoms with E-state index in [4.69, 9.17) is 5.26 Å². The lowest BCUT2D eigenvalue weighted by Crippen LogP contribution is -2.11. The fourth-order valence-electron chi connectivity index (χ4n) is 1.32. The van der Waals surface area contributed by atoms with Crippen LogP contribution in [-0.4, -0.2) is 12.6 Å². The Bertz CT molecular complexity index is 483. The molecule has 0 heterocycles. The summed E-state index contributed by atoms with van der Waals surface area (Å²) in [6.07, 6.45) is -2.85. The molecule has 0 unspecified atom stereocenters. The SMILES string of the molecule is CCOC(=O)c1c(C#N)cc(Br)cc1C(F)F. The Hall–Kier alpha value is -1.48. The summed E-state index contributed by atoms with van der Waals surface area (Å²) in [5, 5.41) is 8.84. The van der Waals surface area contributed by atoms with E-state index in [1.165, 1.54) is 6.07 Å². The number of halogens is 3. The van der Waals surface area contributed by atoms with Gasteiger partial charge in [0, 0.05) is 10.0 Å². The van der Waals surface area contributed by atoms with Gasteiger partial charge in [0.25, 0.3) is 6.43 Å². The molecular formula is C11H8BrF2NO2. The fourth-order valence-corrected chi connectivity index (χ4v) is 1.79. The summed E-state index contributed by atoms with van der Waals surface area (Å²) in [5.41, 5.74) is -1.00.